The lowest BCUT2D eigenvalue weighted by Gasteiger charge is -2.22. The van der Waals surface area contributed by atoms with Crippen LogP contribution in [-0.4, -0.2) is 47.4 Å². The number of hydrogen-bond donors (Lipinski definition) is 1. The number of nitrogens with zero attached hydrogens (tertiary/aromatic N) is 4. The average Bonchev–Trinajstić information content (AvgIpc) is 3.37. The molecule has 3 rings (SSSR count). The van der Waals surface area contributed by atoms with Gasteiger partial charge >= 0.3 is 0 Å². The largest absolute Gasteiger partial charge is 0.493 e. The quantitative estimate of drug-likeness (QED) is 0.320. The maximum Gasteiger partial charge on any atom is 0.194 e. The second-order valence-electron chi connectivity index (χ2n) is 7.52. The summed E-state index contributed by atoms with van der Waals surface area (Å²) in [6.45, 7) is 4.15. The number of aromatic nitrogens is 2. The van der Waals surface area contributed by atoms with Crippen LogP contribution < -0.4 is 14.8 Å². The lowest BCUT2D eigenvalue weighted by Crippen LogP contribution is -2.38. The van der Waals surface area contributed by atoms with Crippen molar-refractivity contribution < 1.29 is 9.47 Å². The monoisotopic (exact) mass is 527 g/mol. The fourth-order valence-electron chi connectivity index (χ4n) is 3.69. The summed E-state index contributed by atoms with van der Waals surface area (Å²) < 4.78 is 13.7. The Hall–Kier alpha value is -1.97. The van der Waals surface area contributed by atoms with E-state index in [2.05, 4.69) is 28.3 Å². The summed E-state index contributed by atoms with van der Waals surface area (Å²) in [5.41, 5.74) is 2.19. The lowest BCUT2D eigenvalue weighted by molar-refractivity contribution is 0.198. The van der Waals surface area contributed by atoms with Crippen molar-refractivity contribution in [2.45, 2.75) is 51.8 Å². The first kappa shape index (κ1) is 24.3. The molecule has 0 bridgehead atoms. The maximum absolute atomic E-state index is 6.34. The normalized spacial score (nSPS) is 14.3. The Kier molecular flexibility index (Phi) is 9.74. The van der Waals surface area contributed by atoms with Gasteiger partial charge in [-0.3, -0.25) is 4.68 Å². The molecule has 1 aliphatic rings. The second kappa shape index (κ2) is 12.0. The van der Waals surface area contributed by atoms with Crippen molar-refractivity contribution in [2.75, 3.05) is 20.7 Å². The highest BCUT2D eigenvalue weighted by Crippen LogP contribution is 2.35. The zero-order valence-corrected chi connectivity index (χ0v) is 20.8. The fraction of sp³-hybridized carbons (Fsp3) is 0.545. The predicted molar refractivity (Wildman–Crippen MR) is 131 cm³/mol. The summed E-state index contributed by atoms with van der Waals surface area (Å²) in [6.07, 6.45) is 8.86. The van der Waals surface area contributed by atoms with Crippen LogP contribution >= 0.6 is 24.0 Å². The van der Waals surface area contributed by atoms with Crippen LogP contribution in [0.1, 0.15) is 43.7 Å². The average molecular weight is 527 g/mol. The van der Waals surface area contributed by atoms with Crippen LogP contribution in [0.25, 0.3) is 0 Å². The van der Waals surface area contributed by atoms with Gasteiger partial charge in [-0.15, -0.1) is 24.0 Å². The minimum Gasteiger partial charge on any atom is -0.493 e. The Bertz CT molecular complexity index is 818. The third-order valence-electron chi connectivity index (χ3n) is 5.14. The third kappa shape index (κ3) is 6.52. The molecule has 0 atom stereocenters. The van der Waals surface area contributed by atoms with E-state index in [9.17, 15) is 0 Å². The van der Waals surface area contributed by atoms with Gasteiger partial charge in [0.05, 0.1) is 26.0 Å². The number of para-hydroxylation sites is 1. The lowest BCUT2D eigenvalue weighted by atomic mass is 10.1. The van der Waals surface area contributed by atoms with Gasteiger partial charge in [0.2, 0.25) is 0 Å². The van der Waals surface area contributed by atoms with Crippen molar-refractivity contribution in [3.05, 3.63) is 41.7 Å². The van der Waals surface area contributed by atoms with Crippen molar-refractivity contribution in [1.29, 1.82) is 0 Å². The Morgan fingerprint density at radius 2 is 2.10 bits per heavy atom. The van der Waals surface area contributed by atoms with Gasteiger partial charge < -0.3 is 19.7 Å². The maximum atomic E-state index is 6.34. The number of methoxy groups -OCH3 is 1. The molecule has 1 heterocycles. The highest BCUT2D eigenvalue weighted by molar-refractivity contribution is 14.0. The third-order valence-corrected chi connectivity index (χ3v) is 5.14. The molecule has 7 nitrogen and oxygen atoms in total. The summed E-state index contributed by atoms with van der Waals surface area (Å²) in [5, 5.41) is 7.62. The van der Waals surface area contributed by atoms with Crippen LogP contribution in [0.5, 0.6) is 11.5 Å². The van der Waals surface area contributed by atoms with Crippen LogP contribution in [0, 0.1) is 0 Å². The van der Waals surface area contributed by atoms with Gasteiger partial charge in [-0.2, -0.15) is 5.10 Å². The number of benzene rings is 1. The number of nitrogens with one attached hydrogen (secondary N) is 1. The van der Waals surface area contributed by atoms with Gasteiger partial charge in [0.15, 0.2) is 17.5 Å². The molecule has 0 unspecified atom stereocenters. The molecule has 0 spiro atoms. The molecule has 1 fully saturated rings. The van der Waals surface area contributed by atoms with E-state index in [1.165, 1.54) is 12.8 Å². The molecule has 0 aliphatic heterocycles. The number of aryl methyl sites for hydroxylation is 1. The standard InChI is InChI=1S/C22H33N5O2.HI/c1-5-23-22(26(2)15-17-13-25-27(3)16-17)24-14-18-9-8-12-20(28-4)21(18)29-19-10-6-7-11-19;/h8-9,12-13,16,19H,5-7,10-11,14-15H2,1-4H3,(H,23,24);1H. The van der Waals surface area contributed by atoms with E-state index in [1.807, 2.05) is 43.3 Å². The summed E-state index contributed by atoms with van der Waals surface area (Å²) in [5.74, 6) is 2.46. The van der Waals surface area contributed by atoms with E-state index < -0.39 is 0 Å². The fourth-order valence-corrected chi connectivity index (χ4v) is 3.69. The van der Waals surface area contributed by atoms with Crippen LogP contribution in [0.3, 0.4) is 0 Å². The summed E-state index contributed by atoms with van der Waals surface area (Å²) >= 11 is 0. The Balaban J connectivity index is 0.00000320. The van der Waals surface area contributed by atoms with E-state index in [1.54, 1.807) is 7.11 Å². The van der Waals surface area contributed by atoms with Gasteiger partial charge in [-0.1, -0.05) is 12.1 Å². The van der Waals surface area contributed by atoms with E-state index in [-0.39, 0.29) is 30.1 Å². The molecule has 2 aromatic rings. The van der Waals surface area contributed by atoms with Crippen molar-refractivity contribution in [3.8, 4) is 11.5 Å². The molecule has 8 heteroatoms. The number of ether oxygens (including phenoxy) is 2. The molecular formula is C22H34IN5O2. The molecule has 1 aliphatic carbocycles. The van der Waals surface area contributed by atoms with Crippen molar-refractivity contribution in [1.82, 2.24) is 20.0 Å². The molecule has 0 saturated heterocycles. The first-order valence-corrected chi connectivity index (χ1v) is 10.4. The van der Waals surface area contributed by atoms with E-state index in [0.29, 0.717) is 6.54 Å². The SMILES string of the molecule is CCNC(=NCc1cccc(OC)c1OC1CCCC1)N(C)Cc1cnn(C)c1.I. The van der Waals surface area contributed by atoms with Crippen LogP contribution in [0.4, 0.5) is 0 Å². The zero-order valence-electron chi connectivity index (χ0n) is 18.4. The first-order chi connectivity index (χ1) is 14.1. The number of aliphatic imine (C=N–C) groups is 1. The Morgan fingerprint density at radius 3 is 2.73 bits per heavy atom. The van der Waals surface area contributed by atoms with Crippen LogP contribution in [0.15, 0.2) is 35.6 Å². The van der Waals surface area contributed by atoms with Gasteiger partial charge in [-0.25, -0.2) is 4.99 Å². The Morgan fingerprint density at radius 1 is 1.33 bits per heavy atom. The summed E-state index contributed by atoms with van der Waals surface area (Å²) in [6, 6.07) is 6.02. The van der Waals surface area contributed by atoms with Gasteiger partial charge in [0, 0.05) is 44.5 Å². The van der Waals surface area contributed by atoms with E-state index >= 15 is 0 Å². The molecule has 1 N–H and O–H groups in total. The topological polar surface area (TPSA) is 63.9 Å². The minimum atomic E-state index is 0. The van der Waals surface area contributed by atoms with Crippen molar-refractivity contribution in [3.63, 3.8) is 0 Å². The van der Waals surface area contributed by atoms with E-state index in [4.69, 9.17) is 14.5 Å². The zero-order chi connectivity index (χ0) is 20.6. The van der Waals surface area contributed by atoms with Crippen LogP contribution in [-0.2, 0) is 20.1 Å². The molecule has 1 aromatic heterocycles. The Labute approximate surface area is 196 Å². The highest BCUT2D eigenvalue weighted by atomic mass is 127. The molecule has 0 amide bonds. The number of halogens is 1. The van der Waals surface area contributed by atoms with Gasteiger partial charge in [0.25, 0.3) is 0 Å². The van der Waals surface area contributed by atoms with Crippen molar-refractivity contribution >= 4 is 29.9 Å². The minimum absolute atomic E-state index is 0. The van der Waals surface area contributed by atoms with Gasteiger partial charge in [-0.05, 0) is 38.7 Å². The van der Waals surface area contributed by atoms with Crippen molar-refractivity contribution in [2.24, 2.45) is 12.0 Å². The summed E-state index contributed by atoms with van der Waals surface area (Å²) in [7, 11) is 5.66. The first-order valence-electron chi connectivity index (χ1n) is 10.4. The number of guanidine groups is 1. The smallest absolute Gasteiger partial charge is 0.194 e. The molecule has 1 saturated carbocycles. The number of rotatable bonds is 8. The summed E-state index contributed by atoms with van der Waals surface area (Å²) in [4.78, 5) is 6.98. The molecule has 166 valence electrons. The highest BCUT2D eigenvalue weighted by Gasteiger charge is 2.20. The van der Waals surface area contributed by atoms with Gasteiger partial charge in [0.1, 0.15) is 0 Å². The number of hydrogen-bond acceptors (Lipinski definition) is 4. The second-order valence-corrected chi connectivity index (χ2v) is 7.52. The molecule has 30 heavy (non-hydrogen) atoms. The van der Waals surface area contributed by atoms with Crippen LogP contribution in [0.2, 0.25) is 0 Å². The molecular weight excluding hydrogens is 493 g/mol. The predicted octanol–water partition coefficient (Wildman–Crippen LogP) is 3.97. The van der Waals surface area contributed by atoms with E-state index in [0.717, 1.165) is 54.5 Å². The molecule has 1 aromatic carbocycles. The molecule has 0 radical (unpaired) electrons.